The van der Waals surface area contributed by atoms with Crippen LogP contribution in [-0.4, -0.2) is 42.3 Å². The number of rotatable bonds is 5. The van der Waals surface area contributed by atoms with E-state index in [2.05, 4.69) is 34.5 Å². The van der Waals surface area contributed by atoms with E-state index in [1.165, 1.54) is 0 Å². The van der Waals surface area contributed by atoms with Crippen molar-refractivity contribution in [2.45, 2.75) is 6.54 Å². The summed E-state index contributed by atoms with van der Waals surface area (Å²) in [5.74, 6) is 0. The Labute approximate surface area is 79.0 Å². The summed E-state index contributed by atoms with van der Waals surface area (Å²) in [5, 5.41) is 11.1. The number of hydrogen-bond acceptors (Lipinski definition) is 4. The van der Waals surface area contributed by atoms with Gasteiger partial charge in [0.05, 0.1) is 5.69 Å². The fraction of sp³-hybridized carbons (Fsp3) is 0.556. The van der Waals surface area contributed by atoms with Crippen molar-refractivity contribution in [3.8, 4) is 0 Å². The van der Waals surface area contributed by atoms with Gasteiger partial charge in [0.25, 0.3) is 0 Å². The van der Waals surface area contributed by atoms with Gasteiger partial charge in [-0.2, -0.15) is 10.2 Å². The first kappa shape index (κ1) is 10.1. The highest BCUT2D eigenvalue weighted by Crippen LogP contribution is 1.88. The molecule has 1 aromatic rings. The highest BCUT2D eigenvalue weighted by atomic mass is 15.1. The van der Waals surface area contributed by atoms with E-state index in [1.807, 2.05) is 12.1 Å². The maximum atomic E-state index is 3.97. The lowest BCUT2D eigenvalue weighted by Gasteiger charge is -2.09. The van der Waals surface area contributed by atoms with Crippen LogP contribution in [-0.2, 0) is 6.54 Å². The highest BCUT2D eigenvalue weighted by Gasteiger charge is 1.93. The number of nitrogens with zero attached hydrogens (tertiary/aromatic N) is 3. The van der Waals surface area contributed by atoms with E-state index in [0.29, 0.717) is 0 Å². The zero-order chi connectivity index (χ0) is 9.52. The van der Waals surface area contributed by atoms with Crippen LogP contribution in [0.4, 0.5) is 0 Å². The molecule has 1 aromatic heterocycles. The molecule has 0 aliphatic rings. The Bertz CT molecular complexity index is 222. The Balaban J connectivity index is 2.13. The summed E-state index contributed by atoms with van der Waals surface area (Å²) >= 11 is 0. The molecule has 72 valence electrons. The van der Waals surface area contributed by atoms with Gasteiger partial charge in [-0.25, -0.2) is 0 Å². The minimum absolute atomic E-state index is 0.793. The van der Waals surface area contributed by atoms with Crippen LogP contribution in [0.1, 0.15) is 5.69 Å². The van der Waals surface area contributed by atoms with Crippen molar-refractivity contribution >= 4 is 0 Å². The van der Waals surface area contributed by atoms with Crippen LogP contribution >= 0.6 is 0 Å². The molecule has 13 heavy (non-hydrogen) atoms. The third kappa shape index (κ3) is 4.55. The molecule has 0 unspecified atom stereocenters. The van der Waals surface area contributed by atoms with Gasteiger partial charge in [-0.15, -0.1) is 0 Å². The molecular weight excluding hydrogens is 164 g/mol. The van der Waals surface area contributed by atoms with Crippen LogP contribution in [0.3, 0.4) is 0 Å². The molecule has 0 aromatic carbocycles. The zero-order valence-corrected chi connectivity index (χ0v) is 8.20. The quantitative estimate of drug-likeness (QED) is 0.654. The summed E-state index contributed by atoms with van der Waals surface area (Å²) in [4.78, 5) is 2.14. The van der Waals surface area contributed by atoms with Gasteiger partial charge in [-0.3, -0.25) is 0 Å². The predicted octanol–water partition coefficient (Wildman–Crippen LogP) is 0.128. The number of likely N-dealkylation sites (N-methyl/N-ethyl adjacent to an activating group) is 1. The summed E-state index contributed by atoms with van der Waals surface area (Å²) in [6.07, 6.45) is 1.68. The first-order valence-corrected chi connectivity index (χ1v) is 4.41. The Hall–Kier alpha value is -1.00. The third-order valence-electron chi connectivity index (χ3n) is 1.67. The maximum Gasteiger partial charge on any atom is 0.0768 e. The van der Waals surface area contributed by atoms with Crippen LogP contribution in [0.15, 0.2) is 18.3 Å². The lowest BCUT2D eigenvalue weighted by molar-refractivity contribution is 0.399. The number of hydrogen-bond donors (Lipinski definition) is 1. The summed E-state index contributed by atoms with van der Waals surface area (Å²) < 4.78 is 0. The van der Waals surface area contributed by atoms with Gasteiger partial charge in [0.1, 0.15) is 0 Å². The van der Waals surface area contributed by atoms with Crippen LogP contribution in [0.2, 0.25) is 0 Å². The van der Waals surface area contributed by atoms with Gasteiger partial charge in [-0.05, 0) is 26.2 Å². The summed E-state index contributed by atoms with van der Waals surface area (Å²) in [6, 6.07) is 3.87. The van der Waals surface area contributed by atoms with Crippen LogP contribution in [0.25, 0.3) is 0 Å². The molecule has 4 heteroatoms. The monoisotopic (exact) mass is 180 g/mol. The molecule has 1 N–H and O–H groups in total. The van der Waals surface area contributed by atoms with Gasteiger partial charge in [0.15, 0.2) is 0 Å². The zero-order valence-electron chi connectivity index (χ0n) is 8.20. The fourth-order valence-corrected chi connectivity index (χ4v) is 0.947. The minimum Gasteiger partial charge on any atom is -0.310 e. The molecule has 0 saturated carbocycles. The van der Waals surface area contributed by atoms with Crippen molar-refractivity contribution in [1.29, 1.82) is 0 Å². The Morgan fingerprint density at radius 1 is 1.46 bits per heavy atom. The Kier molecular flexibility index (Phi) is 4.35. The van der Waals surface area contributed by atoms with Crippen molar-refractivity contribution in [1.82, 2.24) is 20.4 Å². The largest absolute Gasteiger partial charge is 0.310 e. The molecule has 0 aliphatic carbocycles. The van der Waals surface area contributed by atoms with E-state index in [4.69, 9.17) is 0 Å². The molecule has 0 bridgehead atoms. The summed E-state index contributed by atoms with van der Waals surface area (Å²) in [7, 11) is 4.12. The molecular formula is C9H16N4. The second-order valence-corrected chi connectivity index (χ2v) is 3.20. The molecule has 0 aliphatic heterocycles. The lowest BCUT2D eigenvalue weighted by Crippen LogP contribution is -2.26. The van der Waals surface area contributed by atoms with Gasteiger partial charge in [0, 0.05) is 25.8 Å². The Morgan fingerprint density at radius 3 is 2.92 bits per heavy atom. The van der Waals surface area contributed by atoms with E-state index in [-0.39, 0.29) is 0 Å². The fourth-order valence-electron chi connectivity index (χ4n) is 0.947. The van der Waals surface area contributed by atoms with E-state index in [0.717, 1.165) is 25.3 Å². The SMILES string of the molecule is CN(C)CCNCc1cccnn1. The second kappa shape index (κ2) is 5.61. The molecule has 4 nitrogen and oxygen atoms in total. The average Bonchev–Trinajstić information content (AvgIpc) is 2.14. The van der Waals surface area contributed by atoms with Crippen molar-refractivity contribution in [3.63, 3.8) is 0 Å². The van der Waals surface area contributed by atoms with Gasteiger partial charge in [-0.1, -0.05) is 0 Å². The molecule has 0 saturated heterocycles. The van der Waals surface area contributed by atoms with E-state index in [1.54, 1.807) is 6.20 Å². The van der Waals surface area contributed by atoms with Crippen LogP contribution < -0.4 is 5.32 Å². The van der Waals surface area contributed by atoms with Crippen LogP contribution in [0, 0.1) is 0 Å². The number of nitrogens with one attached hydrogen (secondary N) is 1. The first-order chi connectivity index (χ1) is 6.29. The topological polar surface area (TPSA) is 41.0 Å². The van der Waals surface area contributed by atoms with Gasteiger partial charge < -0.3 is 10.2 Å². The molecule has 0 amide bonds. The smallest absolute Gasteiger partial charge is 0.0768 e. The van der Waals surface area contributed by atoms with Crippen molar-refractivity contribution in [2.75, 3.05) is 27.2 Å². The van der Waals surface area contributed by atoms with E-state index >= 15 is 0 Å². The van der Waals surface area contributed by atoms with E-state index < -0.39 is 0 Å². The standard InChI is InChI=1S/C9H16N4/c1-13(2)7-6-10-8-9-4-3-5-11-12-9/h3-5,10H,6-8H2,1-2H3. The molecule has 1 rings (SSSR count). The van der Waals surface area contributed by atoms with Crippen molar-refractivity contribution in [3.05, 3.63) is 24.0 Å². The molecule has 0 spiro atoms. The average molecular weight is 180 g/mol. The second-order valence-electron chi connectivity index (χ2n) is 3.20. The van der Waals surface area contributed by atoms with Crippen molar-refractivity contribution in [2.24, 2.45) is 0 Å². The first-order valence-electron chi connectivity index (χ1n) is 4.41. The van der Waals surface area contributed by atoms with Crippen LogP contribution in [0.5, 0.6) is 0 Å². The normalized spacial score (nSPS) is 10.7. The highest BCUT2D eigenvalue weighted by molar-refractivity contribution is 4.98. The van der Waals surface area contributed by atoms with Gasteiger partial charge in [0.2, 0.25) is 0 Å². The van der Waals surface area contributed by atoms with E-state index in [9.17, 15) is 0 Å². The molecule has 0 radical (unpaired) electrons. The minimum atomic E-state index is 0.793. The molecule has 0 atom stereocenters. The number of aromatic nitrogens is 2. The van der Waals surface area contributed by atoms with Crippen molar-refractivity contribution < 1.29 is 0 Å². The maximum absolute atomic E-state index is 3.97. The lowest BCUT2D eigenvalue weighted by atomic mass is 10.4. The Morgan fingerprint density at radius 2 is 2.31 bits per heavy atom. The summed E-state index contributed by atoms with van der Waals surface area (Å²) in [5.41, 5.74) is 0.987. The molecule has 0 fully saturated rings. The third-order valence-corrected chi connectivity index (χ3v) is 1.67. The van der Waals surface area contributed by atoms with Gasteiger partial charge >= 0.3 is 0 Å². The summed E-state index contributed by atoms with van der Waals surface area (Å²) in [6.45, 7) is 2.81. The molecule has 1 heterocycles. The predicted molar refractivity (Wildman–Crippen MR) is 52.3 cm³/mol.